The third-order valence-electron chi connectivity index (χ3n) is 3.93. The van der Waals surface area contributed by atoms with E-state index >= 15 is 0 Å². The maximum absolute atomic E-state index is 12.8. The topological polar surface area (TPSA) is 75.7 Å². The van der Waals surface area contributed by atoms with Gasteiger partial charge in [-0.05, 0) is 23.6 Å². The van der Waals surface area contributed by atoms with Gasteiger partial charge in [-0.15, -0.1) is 11.3 Å². The Morgan fingerprint density at radius 3 is 2.71 bits per heavy atom. The van der Waals surface area contributed by atoms with Crippen LogP contribution in [0, 0.1) is 0 Å². The summed E-state index contributed by atoms with van der Waals surface area (Å²) in [5.41, 5.74) is 0.504. The smallest absolute Gasteiger partial charge is 0.278 e. The summed E-state index contributed by atoms with van der Waals surface area (Å²) in [4.78, 5) is 18.3. The Balaban J connectivity index is 1.64. The fourth-order valence-corrected chi connectivity index (χ4v) is 4.88. The van der Waals surface area contributed by atoms with Crippen molar-refractivity contribution in [2.24, 2.45) is 0 Å². The van der Waals surface area contributed by atoms with Crippen LogP contribution in [-0.4, -0.2) is 31.5 Å². The minimum absolute atomic E-state index is 0.0751. The van der Waals surface area contributed by atoms with Crippen LogP contribution >= 0.6 is 11.3 Å². The summed E-state index contributed by atoms with van der Waals surface area (Å²) in [6.07, 6.45) is 4.54. The van der Waals surface area contributed by atoms with Crippen LogP contribution in [0.5, 0.6) is 0 Å². The molecule has 124 valence electrons. The van der Waals surface area contributed by atoms with Crippen molar-refractivity contribution in [2.45, 2.75) is 22.8 Å². The Bertz CT molecular complexity index is 906. The molecule has 2 atom stereocenters. The van der Waals surface area contributed by atoms with E-state index in [4.69, 9.17) is 4.84 Å². The summed E-state index contributed by atoms with van der Waals surface area (Å²) in [5, 5.41) is 3.01. The zero-order valence-electron chi connectivity index (χ0n) is 12.5. The number of thiophene rings is 1. The zero-order valence-corrected chi connectivity index (χ0v) is 14.1. The maximum atomic E-state index is 12.8. The predicted octanol–water partition coefficient (Wildman–Crippen LogP) is 2.63. The molecule has 0 spiro atoms. The molecular formula is C16H14N2O4S2. The predicted molar refractivity (Wildman–Crippen MR) is 90.2 cm³/mol. The first-order valence-corrected chi connectivity index (χ1v) is 9.75. The molecule has 2 aromatic rings. The number of carbonyl (C=O) groups is 1. The number of sulfonamides is 1. The van der Waals surface area contributed by atoms with Crippen molar-refractivity contribution < 1.29 is 18.0 Å². The van der Waals surface area contributed by atoms with Gasteiger partial charge in [0.1, 0.15) is 10.3 Å². The molecule has 24 heavy (non-hydrogen) atoms. The first-order valence-electron chi connectivity index (χ1n) is 7.38. The molecule has 2 aliphatic rings. The lowest BCUT2D eigenvalue weighted by Crippen LogP contribution is -2.35. The largest absolute Gasteiger partial charge is 0.280 e. The SMILES string of the molecule is O=C(c1ccccc1NS(=O)(=O)c1cccs1)N1O[C@@H]2C=C[C@H]1C2. The van der Waals surface area contributed by atoms with Gasteiger partial charge < -0.3 is 0 Å². The van der Waals surface area contributed by atoms with Crippen molar-refractivity contribution in [3.8, 4) is 0 Å². The van der Waals surface area contributed by atoms with E-state index in [2.05, 4.69) is 4.72 Å². The second kappa shape index (κ2) is 5.73. The molecule has 2 heterocycles. The maximum Gasteiger partial charge on any atom is 0.280 e. The Labute approximate surface area is 143 Å². The number of fused-ring (bicyclic) bond motifs is 2. The lowest BCUT2D eigenvalue weighted by Gasteiger charge is -2.23. The van der Waals surface area contributed by atoms with Crippen LogP contribution in [0.1, 0.15) is 16.8 Å². The molecule has 0 saturated carbocycles. The van der Waals surface area contributed by atoms with Crippen molar-refractivity contribution >= 4 is 33.0 Å². The summed E-state index contributed by atoms with van der Waals surface area (Å²) in [6.45, 7) is 0. The van der Waals surface area contributed by atoms with E-state index < -0.39 is 10.0 Å². The number of para-hydroxylation sites is 1. The van der Waals surface area contributed by atoms with Crippen LogP contribution in [-0.2, 0) is 14.9 Å². The number of hydrogen-bond acceptors (Lipinski definition) is 5. The average molecular weight is 362 g/mol. The Morgan fingerprint density at radius 1 is 1.21 bits per heavy atom. The van der Waals surface area contributed by atoms with Gasteiger partial charge in [0.15, 0.2) is 0 Å². The Morgan fingerprint density at radius 2 is 2.04 bits per heavy atom. The monoisotopic (exact) mass is 362 g/mol. The molecule has 2 bridgehead atoms. The summed E-state index contributed by atoms with van der Waals surface area (Å²) in [5.74, 6) is -0.351. The van der Waals surface area contributed by atoms with Gasteiger partial charge in [-0.25, -0.2) is 13.5 Å². The first-order chi connectivity index (χ1) is 11.5. The molecule has 1 aliphatic carbocycles. The zero-order chi connectivity index (χ0) is 16.7. The average Bonchev–Trinajstić information content (AvgIpc) is 3.31. The number of nitrogens with zero attached hydrogens (tertiary/aromatic N) is 1. The van der Waals surface area contributed by atoms with Crippen molar-refractivity contribution in [3.63, 3.8) is 0 Å². The summed E-state index contributed by atoms with van der Waals surface area (Å²) >= 11 is 1.12. The van der Waals surface area contributed by atoms with E-state index in [1.165, 1.54) is 11.1 Å². The molecule has 1 aromatic carbocycles. The lowest BCUT2D eigenvalue weighted by atomic mass is 10.1. The van der Waals surface area contributed by atoms with Gasteiger partial charge in [0, 0.05) is 6.42 Å². The summed E-state index contributed by atoms with van der Waals surface area (Å²) in [6, 6.07) is 9.63. The number of benzene rings is 1. The van der Waals surface area contributed by atoms with Gasteiger partial charge in [0.25, 0.3) is 15.9 Å². The van der Waals surface area contributed by atoms with Gasteiger partial charge in [0.2, 0.25) is 0 Å². The first kappa shape index (κ1) is 15.4. The molecule has 1 aliphatic heterocycles. The van der Waals surface area contributed by atoms with Crippen LogP contribution in [0.25, 0.3) is 0 Å². The highest BCUT2D eigenvalue weighted by molar-refractivity contribution is 7.94. The second-order valence-electron chi connectivity index (χ2n) is 5.55. The van der Waals surface area contributed by atoms with Crippen LogP contribution in [0.4, 0.5) is 5.69 Å². The molecule has 1 fully saturated rings. The van der Waals surface area contributed by atoms with Crippen LogP contribution < -0.4 is 4.72 Å². The number of hydroxylamine groups is 2. The molecular weight excluding hydrogens is 348 g/mol. The number of anilines is 1. The molecule has 0 unspecified atom stereocenters. The van der Waals surface area contributed by atoms with Crippen molar-refractivity contribution in [1.82, 2.24) is 5.06 Å². The third kappa shape index (κ3) is 2.62. The fraction of sp³-hybridized carbons (Fsp3) is 0.188. The number of carbonyl (C=O) groups excluding carboxylic acids is 1. The van der Waals surface area contributed by atoms with Crippen LogP contribution in [0.3, 0.4) is 0 Å². The number of rotatable bonds is 4. The van der Waals surface area contributed by atoms with Crippen LogP contribution in [0.15, 0.2) is 58.1 Å². The molecule has 0 radical (unpaired) electrons. The Kier molecular flexibility index (Phi) is 3.67. The standard InChI is InChI=1S/C16H14N2O4S2/c19-16(18-11-7-8-12(10-11)22-18)13-4-1-2-5-14(13)17-24(20,21)15-6-3-9-23-15/h1-9,11-12,17H,10H2/t11-,12+/m0/s1. The Hall–Kier alpha value is -2.16. The van der Waals surface area contributed by atoms with Gasteiger partial charge in [-0.1, -0.05) is 30.4 Å². The van der Waals surface area contributed by atoms with E-state index in [1.807, 2.05) is 12.2 Å². The van der Waals surface area contributed by atoms with E-state index in [0.717, 1.165) is 17.8 Å². The molecule has 1 amide bonds. The number of amides is 1. The number of nitrogens with one attached hydrogen (secondary N) is 1. The third-order valence-corrected chi connectivity index (χ3v) is 6.70. The molecule has 1 aromatic heterocycles. The van der Waals surface area contributed by atoms with E-state index in [1.54, 1.807) is 35.7 Å². The van der Waals surface area contributed by atoms with Gasteiger partial charge in [-0.2, -0.15) is 0 Å². The highest BCUT2D eigenvalue weighted by Gasteiger charge is 2.39. The summed E-state index contributed by atoms with van der Waals surface area (Å²) < 4.78 is 27.5. The fourth-order valence-electron chi connectivity index (χ4n) is 2.81. The van der Waals surface area contributed by atoms with E-state index in [-0.39, 0.29) is 33.5 Å². The van der Waals surface area contributed by atoms with E-state index in [0.29, 0.717) is 0 Å². The van der Waals surface area contributed by atoms with E-state index in [9.17, 15) is 13.2 Å². The van der Waals surface area contributed by atoms with Gasteiger partial charge in [0.05, 0.1) is 17.3 Å². The molecule has 8 heteroatoms. The molecule has 4 rings (SSSR count). The minimum Gasteiger partial charge on any atom is -0.278 e. The molecule has 1 N–H and O–H groups in total. The molecule has 1 saturated heterocycles. The van der Waals surface area contributed by atoms with Gasteiger partial charge in [-0.3, -0.25) is 14.4 Å². The minimum atomic E-state index is -3.72. The second-order valence-corrected chi connectivity index (χ2v) is 8.40. The van der Waals surface area contributed by atoms with Crippen molar-refractivity contribution in [2.75, 3.05) is 4.72 Å². The highest BCUT2D eigenvalue weighted by Crippen LogP contribution is 2.32. The highest BCUT2D eigenvalue weighted by atomic mass is 32.2. The molecule has 6 nitrogen and oxygen atoms in total. The normalized spacial score (nSPS) is 22.1. The van der Waals surface area contributed by atoms with Gasteiger partial charge >= 0.3 is 0 Å². The lowest BCUT2D eigenvalue weighted by molar-refractivity contribution is -0.114. The summed E-state index contributed by atoms with van der Waals surface area (Å²) in [7, 11) is -3.72. The quantitative estimate of drug-likeness (QED) is 0.849. The van der Waals surface area contributed by atoms with Crippen LogP contribution in [0.2, 0.25) is 0 Å². The van der Waals surface area contributed by atoms with Crippen molar-refractivity contribution in [1.29, 1.82) is 0 Å². The number of hydrogen-bond donors (Lipinski definition) is 1. The van der Waals surface area contributed by atoms with Crippen molar-refractivity contribution in [3.05, 3.63) is 59.5 Å².